The van der Waals surface area contributed by atoms with Gasteiger partial charge < -0.3 is 4.74 Å². The summed E-state index contributed by atoms with van der Waals surface area (Å²) < 4.78 is 19.7. The van der Waals surface area contributed by atoms with Gasteiger partial charge in [-0.05, 0) is 56.3 Å². The average Bonchev–Trinajstić information content (AvgIpc) is 2.99. The third kappa shape index (κ3) is 4.40. The van der Waals surface area contributed by atoms with Crippen LogP contribution in [0.2, 0.25) is 0 Å². The Hall–Kier alpha value is -3.54. The van der Waals surface area contributed by atoms with Crippen molar-refractivity contribution in [3.05, 3.63) is 89.0 Å². The number of ketones is 1. The lowest BCUT2D eigenvalue weighted by atomic mass is 10.1. The second kappa shape index (κ2) is 8.43. The largest absolute Gasteiger partial charge is 0.454 e. The number of rotatable bonds is 6. The molecule has 0 aliphatic carbocycles. The van der Waals surface area contributed by atoms with Gasteiger partial charge >= 0.3 is 5.97 Å². The monoisotopic (exact) mass is 378 g/mol. The molecule has 0 unspecified atom stereocenters. The molecule has 28 heavy (non-hydrogen) atoms. The minimum absolute atomic E-state index is 0.286. The molecule has 0 bridgehead atoms. The average molecular weight is 378 g/mol. The predicted molar refractivity (Wildman–Crippen MR) is 104 cm³/mol. The van der Waals surface area contributed by atoms with Crippen molar-refractivity contribution in [2.75, 3.05) is 6.61 Å². The highest BCUT2D eigenvalue weighted by atomic mass is 19.1. The maximum absolute atomic E-state index is 12.9. The van der Waals surface area contributed by atoms with E-state index >= 15 is 0 Å². The predicted octanol–water partition coefficient (Wildman–Crippen LogP) is 4.07. The maximum Gasteiger partial charge on any atom is 0.331 e. The lowest BCUT2D eigenvalue weighted by molar-refractivity contribution is -0.136. The van der Waals surface area contributed by atoms with E-state index in [9.17, 15) is 14.0 Å². The maximum atomic E-state index is 12.9. The number of aryl methyl sites for hydroxylation is 1. The summed E-state index contributed by atoms with van der Waals surface area (Å²) in [4.78, 5) is 23.9. The summed E-state index contributed by atoms with van der Waals surface area (Å²) in [5, 5.41) is 4.51. The Balaban J connectivity index is 1.65. The van der Waals surface area contributed by atoms with E-state index in [-0.39, 0.29) is 5.56 Å². The number of hydrogen-bond donors (Lipinski definition) is 0. The van der Waals surface area contributed by atoms with Crippen molar-refractivity contribution in [2.24, 2.45) is 0 Å². The Kier molecular flexibility index (Phi) is 5.79. The number of halogens is 1. The van der Waals surface area contributed by atoms with Gasteiger partial charge in [0.05, 0.1) is 11.4 Å². The Morgan fingerprint density at radius 2 is 1.75 bits per heavy atom. The molecule has 1 aromatic heterocycles. The first-order valence-electron chi connectivity index (χ1n) is 8.71. The first kappa shape index (κ1) is 19.2. The molecule has 0 aliphatic rings. The van der Waals surface area contributed by atoms with Crippen molar-refractivity contribution in [1.29, 1.82) is 0 Å². The molecular formula is C22H19FN2O3. The van der Waals surface area contributed by atoms with Crippen molar-refractivity contribution >= 4 is 17.8 Å². The molecule has 3 aromatic rings. The molecule has 1 heterocycles. The van der Waals surface area contributed by atoms with Crippen molar-refractivity contribution in [3.8, 4) is 5.69 Å². The van der Waals surface area contributed by atoms with Gasteiger partial charge in [0.25, 0.3) is 0 Å². The van der Waals surface area contributed by atoms with E-state index in [4.69, 9.17) is 4.74 Å². The van der Waals surface area contributed by atoms with Gasteiger partial charge in [0, 0.05) is 22.9 Å². The fourth-order valence-corrected chi connectivity index (χ4v) is 2.77. The highest BCUT2D eigenvalue weighted by molar-refractivity contribution is 5.98. The molecule has 0 atom stereocenters. The fourth-order valence-electron chi connectivity index (χ4n) is 2.77. The summed E-state index contributed by atoms with van der Waals surface area (Å²) in [5.41, 5.74) is 3.68. The van der Waals surface area contributed by atoms with Gasteiger partial charge in [-0.25, -0.2) is 13.9 Å². The Morgan fingerprint density at radius 1 is 1.07 bits per heavy atom. The van der Waals surface area contributed by atoms with Crippen molar-refractivity contribution in [3.63, 3.8) is 0 Å². The van der Waals surface area contributed by atoms with E-state index in [1.807, 2.05) is 44.2 Å². The molecule has 2 aromatic carbocycles. The standard InChI is InChI=1S/C22H19FN2O3/c1-15-20(16(2)25(24-15)19-6-4-3-5-7-19)12-13-22(27)28-14-21(26)17-8-10-18(23)11-9-17/h3-13H,14H2,1-2H3/b13-12+. The van der Waals surface area contributed by atoms with Crippen LogP contribution in [0.1, 0.15) is 27.3 Å². The van der Waals surface area contributed by atoms with Crippen molar-refractivity contribution < 1.29 is 18.7 Å². The molecule has 0 radical (unpaired) electrons. The summed E-state index contributed by atoms with van der Waals surface area (Å²) in [6.07, 6.45) is 2.89. The van der Waals surface area contributed by atoms with E-state index in [1.165, 1.54) is 30.3 Å². The van der Waals surface area contributed by atoms with E-state index in [0.717, 1.165) is 22.6 Å². The molecule has 0 spiro atoms. The molecule has 6 heteroatoms. The summed E-state index contributed by atoms with van der Waals surface area (Å²) in [5.74, 6) is -1.47. The van der Waals surface area contributed by atoms with Crippen LogP contribution in [0.25, 0.3) is 11.8 Å². The number of carbonyl (C=O) groups excluding carboxylic acids is 2. The number of benzene rings is 2. The first-order chi connectivity index (χ1) is 13.5. The highest BCUT2D eigenvalue weighted by Crippen LogP contribution is 2.19. The molecule has 3 rings (SSSR count). The van der Waals surface area contributed by atoms with Crippen molar-refractivity contribution in [1.82, 2.24) is 9.78 Å². The number of ether oxygens (including phenoxy) is 1. The third-order valence-electron chi connectivity index (χ3n) is 4.25. The Morgan fingerprint density at radius 3 is 2.43 bits per heavy atom. The quantitative estimate of drug-likeness (QED) is 0.369. The number of carbonyl (C=O) groups is 2. The minimum atomic E-state index is -0.637. The van der Waals surface area contributed by atoms with Gasteiger partial charge in [0.15, 0.2) is 12.4 Å². The minimum Gasteiger partial charge on any atom is -0.454 e. The normalized spacial score (nSPS) is 11.0. The summed E-state index contributed by atoms with van der Waals surface area (Å²) >= 11 is 0. The van der Waals surface area contributed by atoms with Gasteiger partial charge in [0.1, 0.15) is 5.82 Å². The number of Topliss-reactive ketones (excluding diaryl/α,β-unsaturated/α-hetero) is 1. The van der Waals surface area contributed by atoms with Gasteiger partial charge in [-0.1, -0.05) is 18.2 Å². The Bertz CT molecular complexity index is 1020. The first-order valence-corrected chi connectivity index (χ1v) is 8.71. The zero-order chi connectivity index (χ0) is 20.1. The number of aromatic nitrogens is 2. The smallest absolute Gasteiger partial charge is 0.331 e. The molecule has 0 amide bonds. The highest BCUT2D eigenvalue weighted by Gasteiger charge is 2.12. The second-order valence-corrected chi connectivity index (χ2v) is 6.20. The van der Waals surface area contributed by atoms with E-state index in [0.29, 0.717) is 0 Å². The van der Waals surface area contributed by atoms with Crippen LogP contribution in [0.3, 0.4) is 0 Å². The number of nitrogens with zero attached hydrogens (tertiary/aromatic N) is 2. The topological polar surface area (TPSA) is 61.2 Å². The molecule has 0 N–H and O–H groups in total. The van der Waals surface area contributed by atoms with Crippen LogP contribution in [0.4, 0.5) is 4.39 Å². The lowest BCUT2D eigenvalue weighted by Gasteiger charge is -2.04. The number of hydrogen-bond acceptors (Lipinski definition) is 4. The van der Waals surface area contributed by atoms with Crippen LogP contribution in [-0.4, -0.2) is 28.1 Å². The molecule has 5 nitrogen and oxygen atoms in total. The van der Waals surface area contributed by atoms with Gasteiger partial charge in [-0.3, -0.25) is 4.79 Å². The summed E-state index contributed by atoms with van der Waals surface area (Å²) in [6, 6.07) is 14.8. The number of para-hydroxylation sites is 1. The molecular weight excluding hydrogens is 359 g/mol. The van der Waals surface area contributed by atoms with Gasteiger partial charge in [0.2, 0.25) is 0 Å². The van der Waals surface area contributed by atoms with Crippen LogP contribution in [-0.2, 0) is 9.53 Å². The summed E-state index contributed by atoms with van der Waals surface area (Å²) in [6.45, 7) is 3.36. The van der Waals surface area contributed by atoms with E-state index in [2.05, 4.69) is 5.10 Å². The van der Waals surface area contributed by atoms with Crippen LogP contribution >= 0.6 is 0 Å². The van der Waals surface area contributed by atoms with Crippen LogP contribution in [0.15, 0.2) is 60.7 Å². The molecule has 0 aliphatic heterocycles. The zero-order valence-electron chi connectivity index (χ0n) is 15.6. The van der Waals surface area contributed by atoms with E-state index < -0.39 is 24.2 Å². The van der Waals surface area contributed by atoms with Gasteiger partial charge in [-0.2, -0.15) is 5.10 Å². The molecule has 0 saturated carbocycles. The SMILES string of the molecule is Cc1nn(-c2ccccc2)c(C)c1/C=C/C(=O)OCC(=O)c1ccc(F)cc1. The third-order valence-corrected chi connectivity index (χ3v) is 4.25. The lowest BCUT2D eigenvalue weighted by Crippen LogP contribution is -2.12. The van der Waals surface area contributed by atoms with E-state index in [1.54, 1.807) is 10.8 Å². The fraction of sp³-hybridized carbons (Fsp3) is 0.136. The van der Waals surface area contributed by atoms with Crippen LogP contribution in [0, 0.1) is 19.7 Å². The van der Waals surface area contributed by atoms with Gasteiger partial charge in [-0.15, -0.1) is 0 Å². The van der Waals surface area contributed by atoms with Crippen LogP contribution in [0.5, 0.6) is 0 Å². The van der Waals surface area contributed by atoms with Crippen LogP contribution < -0.4 is 0 Å². The Labute approximate surface area is 162 Å². The molecule has 142 valence electrons. The number of esters is 1. The zero-order valence-corrected chi connectivity index (χ0v) is 15.6. The second-order valence-electron chi connectivity index (χ2n) is 6.20. The molecule has 0 fully saturated rings. The summed E-state index contributed by atoms with van der Waals surface area (Å²) in [7, 11) is 0. The molecule has 0 saturated heterocycles. The van der Waals surface area contributed by atoms with Crippen molar-refractivity contribution in [2.45, 2.75) is 13.8 Å².